The molecule has 0 spiro atoms. The zero-order valence-electron chi connectivity index (χ0n) is 6.73. The number of hydrogen-bond acceptors (Lipinski definition) is 2. The molecule has 0 rings (SSSR count). The summed E-state index contributed by atoms with van der Waals surface area (Å²) in [6.07, 6.45) is 8.37. The van der Waals surface area contributed by atoms with Crippen molar-refractivity contribution in [3.8, 4) is 0 Å². The zero-order valence-corrected chi connectivity index (χ0v) is 6.73. The quantitative estimate of drug-likeness (QED) is 0.370. The fourth-order valence-electron chi connectivity index (χ4n) is 0.655. The minimum atomic E-state index is -0.525. The van der Waals surface area contributed by atoms with E-state index < -0.39 is 6.10 Å². The summed E-state index contributed by atoms with van der Waals surface area (Å²) in [5.41, 5.74) is 0. The molecule has 0 aliphatic carbocycles. The van der Waals surface area contributed by atoms with Gasteiger partial charge in [0.2, 0.25) is 0 Å². The lowest BCUT2D eigenvalue weighted by Crippen LogP contribution is -1.98. The first-order valence-electron chi connectivity index (χ1n) is 3.76. The van der Waals surface area contributed by atoms with Gasteiger partial charge in [0.25, 0.3) is 0 Å². The molecule has 0 bridgehead atoms. The second-order valence-electron chi connectivity index (χ2n) is 2.20. The maximum atomic E-state index is 9.82. The maximum absolute atomic E-state index is 9.82. The Morgan fingerprint density at radius 2 is 2.18 bits per heavy atom. The molecule has 1 atom stereocenters. The fourth-order valence-corrected chi connectivity index (χ4v) is 0.655. The molecule has 0 aliphatic heterocycles. The number of aliphatic hydroxyl groups is 1. The van der Waals surface area contributed by atoms with Crippen molar-refractivity contribution in [2.45, 2.75) is 25.9 Å². The van der Waals surface area contributed by atoms with Crippen molar-refractivity contribution < 1.29 is 9.90 Å². The highest BCUT2D eigenvalue weighted by molar-refractivity contribution is 5.64. The Bertz CT molecular complexity index is 148. The Hall–Kier alpha value is -0.890. The first kappa shape index (κ1) is 10.1. The van der Waals surface area contributed by atoms with Gasteiger partial charge in [-0.05, 0) is 18.9 Å². The molecular weight excluding hydrogens is 140 g/mol. The number of aldehydes is 1. The highest BCUT2D eigenvalue weighted by Crippen LogP contribution is 1.95. The third kappa shape index (κ3) is 7.00. The lowest BCUT2D eigenvalue weighted by atomic mass is 10.2. The molecule has 0 saturated carbocycles. The van der Waals surface area contributed by atoms with Crippen LogP contribution >= 0.6 is 0 Å². The Kier molecular flexibility index (Phi) is 6.64. The lowest BCUT2D eigenvalue weighted by molar-refractivity contribution is -0.104. The first-order chi connectivity index (χ1) is 5.31. The van der Waals surface area contributed by atoms with E-state index in [1.807, 2.05) is 19.1 Å². The van der Waals surface area contributed by atoms with E-state index in [9.17, 15) is 4.79 Å². The van der Waals surface area contributed by atoms with Crippen LogP contribution in [0, 0.1) is 0 Å². The second kappa shape index (κ2) is 7.22. The molecule has 1 unspecified atom stereocenters. The van der Waals surface area contributed by atoms with Gasteiger partial charge >= 0.3 is 0 Å². The third-order valence-electron chi connectivity index (χ3n) is 1.19. The van der Waals surface area contributed by atoms with Crippen LogP contribution in [-0.2, 0) is 4.79 Å². The topological polar surface area (TPSA) is 37.3 Å². The number of aliphatic hydroxyl groups excluding tert-OH is 1. The van der Waals surface area contributed by atoms with E-state index in [4.69, 9.17) is 5.11 Å². The highest BCUT2D eigenvalue weighted by Gasteiger charge is 1.92. The predicted octanol–water partition coefficient (Wildman–Crippen LogP) is 1.46. The summed E-state index contributed by atoms with van der Waals surface area (Å²) in [6, 6.07) is 0. The third-order valence-corrected chi connectivity index (χ3v) is 1.19. The van der Waals surface area contributed by atoms with Gasteiger partial charge in [-0.3, -0.25) is 4.79 Å². The van der Waals surface area contributed by atoms with Crippen molar-refractivity contribution in [2.24, 2.45) is 0 Å². The van der Waals surface area contributed by atoms with Crippen molar-refractivity contribution in [3.63, 3.8) is 0 Å². The molecule has 62 valence electrons. The minimum absolute atomic E-state index is 0.525. The number of hydrogen-bond donors (Lipinski definition) is 1. The van der Waals surface area contributed by atoms with Crippen molar-refractivity contribution in [2.75, 3.05) is 0 Å². The lowest BCUT2D eigenvalue weighted by Gasteiger charge is -1.97. The molecule has 0 radical (unpaired) electrons. The Labute approximate surface area is 67.2 Å². The fraction of sp³-hybridized carbons (Fsp3) is 0.444. The van der Waals surface area contributed by atoms with Gasteiger partial charge in [0.1, 0.15) is 6.29 Å². The summed E-state index contributed by atoms with van der Waals surface area (Å²) in [5, 5.41) is 9.11. The smallest absolute Gasteiger partial charge is 0.142 e. The number of allylic oxidation sites excluding steroid dienone is 2. The van der Waals surface area contributed by atoms with Crippen LogP contribution in [0.2, 0.25) is 0 Å². The maximum Gasteiger partial charge on any atom is 0.142 e. The van der Waals surface area contributed by atoms with Crippen LogP contribution in [0.1, 0.15) is 19.8 Å². The zero-order chi connectivity index (χ0) is 8.53. The molecule has 2 nitrogen and oxygen atoms in total. The van der Waals surface area contributed by atoms with Crippen LogP contribution in [0.3, 0.4) is 0 Å². The van der Waals surface area contributed by atoms with Crippen LogP contribution in [0.5, 0.6) is 0 Å². The summed E-state index contributed by atoms with van der Waals surface area (Å²) in [7, 11) is 0. The normalized spacial score (nSPS) is 14.4. The molecule has 0 fully saturated rings. The molecule has 0 amide bonds. The van der Waals surface area contributed by atoms with E-state index in [2.05, 4.69) is 0 Å². The van der Waals surface area contributed by atoms with Gasteiger partial charge in [0.05, 0.1) is 6.10 Å². The molecule has 0 aromatic rings. The summed E-state index contributed by atoms with van der Waals surface area (Å²) in [6.45, 7) is 2.03. The van der Waals surface area contributed by atoms with Crippen LogP contribution in [-0.4, -0.2) is 17.5 Å². The SMILES string of the molecule is CC/C=C/CC(O)/C=C/C=O. The van der Waals surface area contributed by atoms with Crippen LogP contribution in [0.15, 0.2) is 24.3 Å². The molecule has 0 aliphatic rings. The van der Waals surface area contributed by atoms with Crippen LogP contribution < -0.4 is 0 Å². The van der Waals surface area contributed by atoms with E-state index in [0.717, 1.165) is 6.42 Å². The van der Waals surface area contributed by atoms with Gasteiger partial charge in [-0.1, -0.05) is 25.2 Å². The Morgan fingerprint density at radius 3 is 2.73 bits per heavy atom. The van der Waals surface area contributed by atoms with Gasteiger partial charge in [0.15, 0.2) is 0 Å². The van der Waals surface area contributed by atoms with E-state index in [1.165, 1.54) is 12.2 Å². The van der Waals surface area contributed by atoms with E-state index >= 15 is 0 Å². The van der Waals surface area contributed by atoms with Crippen molar-refractivity contribution in [1.29, 1.82) is 0 Å². The van der Waals surface area contributed by atoms with Crippen molar-refractivity contribution in [1.82, 2.24) is 0 Å². The van der Waals surface area contributed by atoms with Gasteiger partial charge < -0.3 is 5.11 Å². The van der Waals surface area contributed by atoms with Gasteiger partial charge in [-0.15, -0.1) is 0 Å². The summed E-state index contributed by atoms with van der Waals surface area (Å²) in [5.74, 6) is 0. The molecule has 0 saturated heterocycles. The Balaban J connectivity index is 3.51. The van der Waals surface area contributed by atoms with Gasteiger partial charge in [-0.25, -0.2) is 0 Å². The average Bonchev–Trinajstić information content (AvgIpc) is 2.01. The minimum Gasteiger partial charge on any atom is -0.389 e. The predicted molar refractivity (Wildman–Crippen MR) is 45.3 cm³/mol. The van der Waals surface area contributed by atoms with Crippen LogP contribution in [0.25, 0.3) is 0 Å². The van der Waals surface area contributed by atoms with Crippen molar-refractivity contribution >= 4 is 6.29 Å². The molecule has 2 heteroatoms. The summed E-state index contributed by atoms with van der Waals surface area (Å²) >= 11 is 0. The second-order valence-corrected chi connectivity index (χ2v) is 2.20. The number of rotatable bonds is 5. The van der Waals surface area contributed by atoms with E-state index in [1.54, 1.807) is 0 Å². The molecular formula is C9H14O2. The van der Waals surface area contributed by atoms with E-state index in [0.29, 0.717) is 12.7 Å². The van der Waals surface area contributed by atoms with Crippen molar-refractivity contribution in [3.05, 3.63) is 24.3 Å². The standard InChI is InChI=1S/C9H14O2/c1-2-3-4-6-9(11)7-5-8-10/h3-5,7-9,11H,2,6H2,1H3/b4-3+,7-5+. The summed E-state index contributed by atoms with van der Waals surface area (Å²) in [4.78, 5) is 9.82. The Morgan fingerprint density at radius 1 is 1.45 bits per heavy atom. The monoisotopic (exact) mass is 154 g/mol. The highest BCUT2D eigenvalue weighted by atomic mass is 16.3. The van der Waals surface area contributed by atoms with Gasteiger partial charge in [-0.2, -0.15) is 0 Å². The largest absolute Gasteiger partial charge is 0.389 e. The number of carbonyl (C=O) groups excluding carboxylic acids is 1. The van der Waals surface area contributed by atoms with Gasteiger partial charge in [0, 0.05) is 0 Å². The number of carbonyl (C=O) groups is 1. The molecule has 0 aromatic heterocycles. The molecule has 0 heterocycles. The molecule has 0 aromatic carbocycles. The molecule has 1 N–H and O–H groups in total. The average molecular weight is 154 g/mol. The summed E-state index contributed by atoms with van der Waals surface area (Å²) < 4.78 is 0. The van der Waals surface area contributed by atoms with Crippen LogP contribution in [0.4, 0.5) is 0 Å². The molecule has 11 heavy (non-hydrogen) atoms. The first-order valence-corrected chi connectivity index (χ1v) is 3.76. The van der Waals surface area contributed by atoms with E-state index in [-0.39, 0.29) is 0 Å².